The van der Waals surface area contributed by atoms with Crippen LogP contribution in [0.25, 0.3) is 0 Å². The van der Waals surface area contributed by atoms with Gasteiger partial charge in [0.2, 0.25) is 0 Å². The second-order valence-corrected chi connectivity index (χ2v) is 3.38. The minimum absolute atomic E-state index is 0.342. The highest BCUT2D eigenvalue weighted by Crippen LogP contribution is 2.06. The molecule has 0 radical (unpaired) electrons. The van der Waals surface area contributed by atoms with Crippen molar-refractivity contribution in [2.45, 2.75) is 20.3 Å². The second kappa shape index (κ2) is 10.7. The Kier molecular flexibility index (Phi) is 9.77. The van der Waals surface area contributed by atoms with Crippen molar-refractivity contribution in [1.82, 2.24) is 5.32 Å². The highest BCUT2D eigenvalue weighted by molar-refractivity contribution is 5.88. The monoisotopic (exact) mass is 257 g/mol. The van der Waals surface area contributed by atoms with Gasteiger partial charge in [-0.2, -0.15) is 0 Å². The summed E-state index contributed by atoms with van der Waals surface area (Å²) in [6.07, 6.45) is 4.35. The predicted molar refractivity (Wildman–Crippen MR) is 70.0 cm³/mol. The van der Waals surface area contributed by atoms with Crippen LogP contribution in [0, 0.1) is 0 Å². The first kappa shape index (κ1) is 16.5. The molecule has 0 saturated heterocycles. The van der Waals surface area contributed by atoms with Crippen LogP contribution >= 0.6 is 0 Å². The number of allylic oxidation sites excluding steroid dienone is 2. The van der Waals surface area contributed by atoms with Crippen molar-refractivity contribution >= 4 is 5.97 Å². The van der Waals surface area contributed by atoms with Crippen LogP contribution in [0.3, 0.4) is 0 Å². The maximum atomic E-state index is 11.6. The standard InChI is InChI=1S/C13H23NO4/c1-5-7-11(18-9-8-16-4)10-12(14-3)13(15)17-6-2/h7,10,14H,5-6,8-9H2,1-4H3/b11-7-,12-10-. The summed E-state index contributed by atoms with van der Waals surface area (Å²) in [5, 5.41) is 2.80. The number of esters is 1. The van der Waals surface area contributed by atoms with Gasteiger partial charge >= 0.3 is 5.97 Å². The Balaban J connectivity index is 4.67. The lowest BCUT2D eigenvalue weighted by Crippen LogP contribution is -2.19. The number of hydrogen-bond donors (Lipinski definition) is 1. The molecule has 0 aliphatic carbocycles. The molecule has 5 heteroatoms. The zero-order chi connectivity index (χ0) is 13.8. The van der Waals surface area contributed by atoms with Gasteiger partial charge in [-0.1, -0.05) is 6.92 Å². The SMILES string of the molecule is CC/C=C(/C=C(\NC)C(=O)OCC)OCCOC. The Labute approximate surface area is 109 Å². The molecular formula is C13H23NO4. The number of ether oxygens (including phenoxy) is 3. The van der Waals surface area contributed by atoms with Gasteiger partial charge in [0.1, 0.15) is 18.1 Å². The third-order valence-electron chi connectivity index (χ3n) is 2.01. The van der Waals surface area contributed by atoms with Gasteiger partial charge in [-0.25, -0.2) is 4.79 Å². The Bertz CT molecular complexity index is 297. The quantitative estimate of drug-likeness (QED) is 0.223. The highest BCUT2D eigenvalue weighted by Gasteiger charge is 2.09. The molecule has 0 aliphatic heterocycles. The van der Waals surface area contributed by atoms with E-state index in [0.717, 1.165) is 6.42 Å². The number of carbonyl (C=O) groups is 1. The fraction of sp³-hybridized carbons (Fsp3) is 0.615. The van der Waals surface area contributed by atoms with E-state index in [1.165, 1.54) is 0 Å². The third kappa shape index (κ3) is 6.96. The van der Waals surface area contributed by atoms with Crippen LogP contribution in [0.5, 0.6) is 0 Å². The second-order valence-electron chi connectivity index (χ2n) is 3.38. The first-order valence-electron chi connectivity index (χ1n) is 6.08. The summed E-state index contributed by atoms with van der Waals surface area (Å²) in [4.78, 5) is 11.6. The minimum Gasteiger partial charge on any atom is -0.491 e. The van der Waals surface area contributed by atoms with Crippen molar-refractivity contribution in [2.75, 3.05) is 34.0 Å². The zero-order valence-electron chi connectivity index (χ0n) is 11.6. The minimum atomic E-state index is -0.391. The molecule has 104 valence electrons. The molecule has 0 fully saturated rings. The predicted octanol–water partition coefficient (Wildman–Crippen LogP) is 1.61. The maximum absolute atomic E-state index is 11.6. The van der Waals surface area contributed by atoms with Gasteiger partial charge in [-0.05, 0) is 19.4 Å². The third-order valence-corrected chi connectivity index (χ3v) is 2.01. The smallest absolute Gasteiger partial charge is 0.354 e. The van der Waals surface area contributed by atoms with E-state index in [0.29, 0.717) is 31.3 Å². The van der Waals surface area contributed by atoms with Crippen molar-refractivity contribution in [3.05, 3.63) is 23.6 Å². The van der Waals surface area contributed by atoms with Gasteiger partial charge < -0.3 is 19.5 Å². The van der Waals surface area contributed by atoms with Crippen LogP contribution in [-0.4, -0.2) is 39.9 Å². The molecule has 18 heavy (non-hydrogen) atoms. The van der Waals surface area contributed by atoms with Gasteiger partial charge in [0.25, 0.3) is 0 Å². The Morgan fingerprint density at radius 3 is 2.44 bits per heavy atom. The summed E-state index contributed by atoms with van der Waals surface area (Å²) in [5.74, 6) is 0.240. The van der Waals surface area contributed by atoms with E-state index in [4.69, 9.17) is 14.2 Å². The fourth-order valence-electron chi connectivity index (χ4n) is 1.19. The first-order chi connectivity index (χ1) is 8.69. The Morgan fingerprint density at radius 1 is 1.22 bits per heavy atom. The lowest BCUT2D eigenvalue weighted by atomic mass is 10.3. The summed E-state index contributed by atoms with van der Waals surface area (Å²) < 4.78 is 15.3. The van der Waals surface area contributed by atoms with Crippen molar-refractivity contribution in [2.24, 2.45) is 0 Å². The van der Waals surface area contributed by atoms with E-state index < -0.39 is 5.97 Å². The Hall–Kier alpha value is -1.49. The van der Waals surface area contributed by atoms with Gasteiger partial charge in [0.05, 0.1) is 13.2 Å². The summed E-state index contributed by atoms with van der Waals surface area (Å²) in [6.45, 7) is 5.05. The largest absolute Gasteiger partial charge is 0.491 e. The number of carbonyl (C=O) groups excluding carboxylic acids is 1. The molecule has 0 amide bonds. The molecule has 0 aliphatic rings. The number of hydrogen-bond acceptors (Lipinski definition) is 5. The zero-order valence-corrected chi connectivity index (χ0v) is 11.6. The van der Waals surface area contributed by atoms with E-state index in [1.54, 1.807) is 27.2 Å². The molecule has 0 rings (SSSR count). The van der Waals surface area contributed by atoms with Crippen LogP contribution in [0.4, 0.5) is 0 Å². The average molecular weight is 257 g/mol. The highest BCUT2D eigenvalue weighted by atomic mass is 16.5. The van der Waals surface area contributed by atoms with Gasteiger partial charge in [0.15, 0.2) is 0 Å². The van der Waals surface area contributed by atoms with Crippen LogP contribution in [0.15, 0.2) is 23.6 Å². The summed E-state index contributed by atoms with van der Waals surface area (Å²) >= 11 is 0. The van der Waals surface area contributed by atoms with Crippen molar-refractivity contribution < 1.29 is 19.0 Å². The number of likely N-dealkylation sites (N-methyl/N-ethyl adjacent to an activating group) is 1. The first-order valence-corrected chi connectivity index (χ1v) is 6.08. The molecule has 1 N–H and O–H groups in total. The lowest BCUT2D eigenvalue weighted by Gasteiger charge is -2.10. The Morgan fingerprint density at radius 2 is 1.94 bits per heavy atom. The van der Waals surface area contributed by atoms with E-state index in [1.807, 2.05) is 13.0 Å². The van der Waals surface area contributed by atoms with Crippen molar-refractivity contribution in [3.8, 4) is 0 Å². The summed E-state index contributed by atoms with van der Waals surface area (Å²) in [6, 6.07) is 0. The van der Waals surface area contributed by atoms with Crippen LogP contribution < -0.4 is 5.32 Å². The van der Waals surface area contributed by atoms with Crippen LogP contribution in [-0.2, 0) is 19.0 Å². The van der Waals surface area contributed by atoms with E-state index in [2.05, 4.69) is 5.32 Å². The molecule has 0 atom stereocenters. The average Bonchev–Trinajstić information content (AvgIpc) is 2.36. The molecule has 0 heterocycles. The molecular weight excluding hydrogens is 234 g/mol. The molecule has 0 bridgehead atoms. The van der Waals surface area contributed by atoms with Crippen LogP contribution in [0.1, 0.15) is 20.3 Å². The molecule has 0 aromatic carbocycles. The van der Waals surface area contributed by atoms with Gasteiger partial charge in [-0.15, -0.1) is 0 Å². The maximum Gasteiger partial charge on any atom is 0.354 e. The molecule has 0 saturated carbocycles. The molecule has 0 aromatic heterocycles. The van der Waals surface area contributed by atoms with Crippen molar-refractivity contribution in [3.63, 3.8) is 0 Å². The molecule has 5 nitrogen and oxygen atoms in total. The number of methoxy groups -OCH3 is 1. The molecule has 0 aromatic rings. The van der Waals surface area contributed by atoms with E-state index in [9.17, 15) is 4.79 Å². The van der Waals surface area contributed by atoms with Crippen LogP contribution in [0.2, 0.25) is 0 Å². The number of nitrogens with one attached hydrogen (secondary N) is 1. The summed E-state index contributed by atoms with van der Waals surface area (Å²) in [5.41, 5.74) is 0.369. The van der Waals surface area contributed by atoms with Gasteiger partial charge in [-0.3, -0.25) is 0 Å². The normalized spacial score (nSPS) is 12.2. The lowest BCUT2D eigenvalue weighted by molar-refractivity contribution is -0.138. The van der Waals surface area contributed by atoms with E-state index >= 15 is 0 Å². The number of rotatable bonds is 9. The molecule has 0 unspecified atom stereocenters. The summed E-state index contributed by atoms with van der Waals surface area (Å²) in [7, 11) is 3.28. The van der Waals surface area contributed by atoms with Crippen molar-refractivity contribution in [1.29, 1.82) is 0 Å². The fourth-order valence-corrected chi connectivity index (χ4v) is 1.19. The molecule has 0 spiro atoms. The topological polar surface area (TPSA) is 56.8 Å². The van der Waals surface area contributed by atoms with E-state index in [-0.39, 0.29) is 0 Å². The van der Waals surface area contributed by atoms with Gasteiger partial charge in [0, 0.05) is 20.2 Å².